The van der Waals surface area contributed by atoms with Crippen LogP contribution in [0.15, 0.2) is 52.4 Å². The molecule has 0 heterocycles. The molecule has 0 bridgehead atoms. The Bertz CT molecular complexity index is 779. The van der Waals surface area contributed by atoms with Crippen LogP contribution in [0.1, 0.15) is 80.9 Å². The van der Waals surface area contributed by atoms with Crippen LogP contribution >= 0.6 is 0 Å². The molecule has 0 amide bonds. The lowest BCUT2D eigenvalue weighted by Crippen LogP contribution is -2.13. The first kappa shape index (κ1) is 21.5. The molecule has 29 heavy (non-hydrogen) atoms. The number of rotatable bonds is 8. The van der Waals surface area contributed by atoms with Crippen LogP contribution in [0.5, 0.6) is 0 Å². The maximum absolute atomic E-state index is 4.18. The van der Waals surface area contributed by atoms with Gasteiger partial charge in [-0.25, -0.2) is 0 Å². The maximum atomic E-state index is 4.18. The summed E-state index contributed by atoms with van der Waals surface area (Å²) in [5.41, 5.74) is 6.24. The Morgan fingerprint density at radius 3 is 1.97 bits per heavy atom. The first-order chi connectivity index (χ1) is 14.2. The van der Waals surface area contributed by atoms with E-state index in [9.17, 15) is 0 Å². The lowest BCUT2D eigenvalue weighted by Gasteiger charge is -2.29. The zero-order valence-corrected chi connectivity index (χ0v) is 18.4. The van der Waals surface area contributed by atoms with Crippen molar-refractivity contribution in [2.24, 2.45) is 15.9 Å². The van der Waals surface area contributed by atoms with Gasteiger partial charge in [-0.3, -0.25) is 9.98 Å². The molecule has 0 radical (unpaired) electrons. The number of hydrogen-bond acceptors (Lipinski definition) is 2. The molecule has 2 aromatic carbocycles. The largest absolute Gasteiger partial charge is 0.296 e. The Balaban J connectivity index is 1.68. The van der Waals surface area contributed by atoms with Gasteiger partial charge in [0.15, 0.2) is 0 Å². The van der Waals surface area contributed by atoms with Crippen LogP contribution in [0.3, 0.4) is 0 Å². The zero-order chi connectivity index (χ0) is 20.5. The van der Waals surface area contributed by atoms with Gasteiger partial charge in [-0.1, -0.05) is 56.9 Å². The summed E-state index contributed by atoms with van der Waals surface area (Å²) in [5.74, 6) is 1.71. The van der Waals surface area contributed by atoms with Gasteiger partial charge < -0.3 is 0 Å². The number of benzene rings is 2. The van der Waals surface area contributed by atoms with E-state index < -0.39 is 0 Å². The van der Waals surface area contributed by atoms with E-state index in [1.165, 1.54) is 68.1 Å². The molecule has 0 atom stereocenters. The predicted octanol–water partition coefficient (Wildman–Crippen LogP) is 7.31. The molecule has 2 heteroatoms. The molecular weight excluding hydrogens is 352 g/mol. The van der Waals surface area contributed by atoms with Gasteiger partial charge in [0.1, 0.15) is 0 Å². The SMILES string of the molecule is CCCCCC1CCC(c2ccc(-c3cc(C=NC)cc(C=NC)c3)cc2)CC1. The smallest absolute Gasteiger partial charge is 0.0281 e. The van der Waals surface area contributed by atoms with E-state index in [0.29, 0.717) is 0 Å². The van der Waals surface area contributed by atoms with Crippen molar-refractivity contribution in [3.05, 3.63) is 59.2 Å². The predicted molar refractivity (Wildman–Crippen MR) is 128 cm³/mol. The highest BCUT2D eigenvalue weighted by molar-refractivity contribution is 5.89. The minimum atomic E-state index is 0.743. The second-order valence-electron chi connectivity index (χ2n) is 8.50. The lowest BCUT2D eigenvalue weighted by atomic mass is 9.77. The summed E-state index contributed by atoms with van der Waals surface area (Å²) in [4.78, 5) is 8.35. The summed E-state index contributed by atoms with van der Waals surface area (Å²) >= 11 is 0. The fourth-order valence-corrected chi connectivity index (χ4v) is 4.71. The van der Waals surface area contributed by atoms with Gasteiger partial charge in [0.25, 0.3) is 0 Å². The monoisotopic (exact) mass is 388 g/mol. The van der Waals surface area contributed by atoms with E-state index in [1.54, 1.807) is 0 Å². The summed E-state index contributed by atoms with van der Waals surface area (Å²) in [6.45, 7) is 2.30. The van der Waals surface area contributed by atoms with Crippen LogP contribution < -0.4 is 0 Å². The summed E-state index contributed by atoms with van der Waals surface area (Å²) in [7, 11) is 3.63. The third kappa shape index (κ3) is 6.13. The Morgan fingerprint density at radius 2 is 1.41 bits per heavy atom. The van der Waals surface area contributed by atoms with E-state index in [0.717, 1.165) is 23.0 Å². The molecule has 0 aromatic heterocycles. The van der Waals surface area contributed by atoms with Gasteiger partial charge in [-0.15, -0.1) is 0 Å². The molecule has 2 nitrogen and oxygen atoms in total. The number of hydrogen-bond donors (Lipinski definition) is 0. The molecule has 154 valence electrons. The van der Waals surface area contributed by atoms with E-state index in [2.05, 4.69) is 59.4 Å². The summed E-state index contributed by atoms with van der Waals surface area (Å²) in [6.07, 6.45) is 15.0. The molecule has 0 N–H and O–H groups in total. The van der Waals surface area contributed by atoms with Crippen molar-refractivity contribution >= 4 is 12.4 Å². The second kappa shape index (κ2) is 11.1. The molecule has 2 aromatic rings. The molecule has 1 aliphatic rings. The molecule has 1 saturated carbocycles. The highest BCUT2D eigenvalue weighted by Crippen LogP contribution is 2.38. The molecule has 0 saturated heterocycles. The van der Waals surface area contributed by atoms with E-state index >= 15 is 0 Å². The average molecular weight is 389 g/mol. The van der Waals surface area contributed by atoms with Crippen molar-refractivity contribution < 1.29 is 0 Å². The van der Waals surface area contributed by atoms with Gasteiger partial charge in [0.05, 0.1) is 0 Å². The minimum absolute atomic E-state index is 0.743. The minimum Gasteiger partial charge on any atom is -0.296 e. The molecular formula is C27H36N2. The topological polar surface area (TPSA) is 24.7 Å². The summed E-state index contributed by atoms with van der Waals surface area (Å²) in [6, 6.07) is 15.8. The van der Waals surface area contributed by atoms with Crippen molar-refractivity contribution in [1.29, 1.82) is 0 Å². The highest BCUT2D eigenvalue weighted by Gasteiger charge is 2.22. The molecule has 3 rings (SSSR count). The van der Waals surface area contributed by atoms with Gasteiger partial charge >= 0.3 is 0 Å². The third-order valence-corrected chi connectivity index (χ3v) is 6.31. The van der Waals surface area contributed by atoms with Crippen LogP contribution in [-0.2, 0) is 0 Å². The van der Waals surface area contributed by atoms with Crippen LogP contribution in [0.25, 0.3) is 11.1 Å². The highest BCUT2D eigenvalue weighted by atomic mass is 14.6. The van der Waals surface area contributed by atoms with Gasteiger partial charge in [0, 0.05) is 26.5 Å². The van der Waals surface area contributed by atoms with Crippen LogP contribution in [0.4, 0.5) is 0 Å². The van der Waals surface area contributed by atoms with Crippen molar-refractivity contribution in [3.63, 3.8) is 0 Å². The molecule has 1 fully saturated rings. The van der Waals surface area contributed by atoms with Crippen molar-refractivity contribution in [3.8, 4) is 11.1 Å². The number of aliphatic imine (C=N–C) groups is 2. The molecule has 0 spiro atoms. The Hall–Kier alpha value is -2.22. The van der Waals surface area contributed by atoms with Crippen LogP contribution in [0, 0.1) is 5.92 Å². The standard InChI is InChI=1S/C27H36N2/c1-4-5-6-7-21-8-10-24(11-9-21)25-12-14-26(15-13-25)27-17-22(19-28-2)16-23(18-27)20-29-3/h12-21,24H,4-11H2,1-3H3. The van der Waals surface area contributed by atoms with Crippen LogP contribution in [-0.4, -0.2) is 26.5 Å². The van der Waals surface area contributed by atoms with E-state index in [-0.39, 0.29) is 0 Å². The third-order valence-electron chi connectivity index (χ3n) is 6.31. The summed E-state index contributed by atoms with van der Waals surface area (Å²) < 4.78 is 0. The van der Waals surface area contributed by atoms with Crippen molar-refractivity contribution in [2.75, 3.05) is 14.1 Å². The Morgan fingerprint density at radius 1 is 0.793 bits per heavy atom. The summed E-state index contributed by atoms with van der Waals surface area (Å²) in [5, 5.41) is 0. The van der Waals surface area contributed by atoms with E-state index in [1.807, 2.05) is 26.5 Å². The van der Waals surface area contributed by atoms with Crippen molar-refractivity contribution in [2.45, 2.75) is 64.2 Å². The van der Waals surface area contributed by atoms with Gasteiger partial charge in [-0.05, 0) is 83.5 Å². The Labute approximate surface area is 177 Å². The maximum Gasteiger partial charge on any atom is 0.0281 e. The van der Waals surface area contributed by atoms with Gasteiger partial charge in [-0.2, -0.15) is 0 Å². The second-order valence-corrected chi connectivity index (χ2v) is 8.50. The first-order valence-corrected chi connectivity index (χ1v) is 11.3. The fourth-order valence-electron chi connectivity index (χ4n) is 4.71. The number of nitrogens with zero attached hydrogens (tertiary/aromatic N) is 2. The molecule has 0 unspecified atom stereocenters. The normalized spacial score (nSPS) is 20.0. The molecule has 1 aliphatic carbocycles. The van der Waals surface area contributed by atoms with Crippen molar-refractivity contribution in [1.82, 2.24) is 0 Å². The Kier molecular flexibility index (Phi) is 8.22. The van der Waals surface area contributed by atoms with Gasteiger partial charge in [0.2, 0.25) is 0 Å². The lowest BCUT2D eigenvalue weighted by molar-refractivity contribution is 0.303. The van der Waals surface area contributed by atoms with E-state index in [4.69, 9.17) is 0 Å². The van der Waals surface area contributed by atoms with Crippen LogP contribution in [0.2, 0.25) is 0 Å². The first-order valence-electron chi connectivity index (χ1n) is 11.3. The quantitative estimate of drug-likeness (QED) is 0.335. The fraction of sp³-hybridized carbons (Fsp3) is 0.481. The zero-order valence-electron chi connectivity index (χ0n) is 18.4. The molecule has 0 aliphatic heterocycles. The average Bonchev–Trinajstić information content (AvgIpc) is 2.75. The number of unbranched alkanes of at least 4 members (excludes halogenated alkanes) is 2.